The van der Waals surface area contributed by atoms with Gasteiger partial charge in [0.25, 0.3) is 0 Å². The van der Waals surface area contributed by atoms with E-state index in [1.54, 1.807) is 4.68 Å². The zero-order valence-electron chi connectivity index (χ0n) is 11.9. The van der Waals surface area contributed by atoms with E-state index >= 15 is 0 Å². The van der Waals surface area contributed by atoms with Crippen LogP contribution in [-0.4, -0.2) is 20.2 Å². The zero-order chi connectivity index (χ0) is 15.4. The summed E-state index contributed by atoms with van der Waals surface area (Å²) in [5.41, 5.74) is 3.14. The molecule has 0 radical (unpaired) electrons. The van der Waals surface area contributed by atoms with E-state index in [0.717, 1.165) is 15.8 Å². The SMILES string of the molecule is Cc1ccccc1N/C=C/c1nnnn1-c1ccc(Br)cc1. The second-order valence-electron chi connectivity index (χ2n) is 4.72. The largest absolute Gasteiger partial charge is 0.361 e. The van der Waals surface area contributed by atoms with Crippen LogP contribution in [0.5, 0.6) is 0 Å². The summed E-state index contributed by atoms with van der Waals surface area (Å²) in [6.07, 6.45) is 3.68. The average molecular weight is 356 g/mol. The number of anilines is 1. The number of hydrogen-bond donors (Lipinski definition) is 1. The molecule has 0 aliphatic carbocycles. The molecule has 0 aliphatic rings. The number of aryl methyl sites for hydroxylation is 1. The van der Waals surface area contributed by atoms with Crippen molar-refractivity contribution in [2.24, 2.45) is 0 Å². The van der Waals surface area contributed by atoms with E-state index < -0.39 is 0 Å². The summed E-state index contributed by atoms with van der Waals surface area (Å²) in [5.74, 6) is 0.656. The molecule has 2 aromatic carbocycles. The van der Waals surface area contributed by atoms with Crippen LogP contribution in [0.25, 0.3) is 11.8 Å². The van der Waals surface area contributed by atoms with Gasteiger partial charge in [-0.15, -0.1) is 5.10 Å². The summed E-state index contributed by atoms with van der Waals surface area (Å²) in [5, 5.41) is 15.0. The van der Waals surface area contributed by atoms with Gasteiger partial charge in [-0.1, -0.05) is 34.1 Å². The Morgan fingerprint density at radius 1 is 1.09 bits per heavy atom. The molecule has 3 aromatic rings. The molecule has 0 aliphatic heterocycles. The number of rotatable bonds is 4. The van der Waals surface area contributed by atoms with Crippen LogP contribution in [0.1, 0.15) is 11.4 Å². The highest BCUT2D eigenvalue weighted by Gasteiger charge is 2.04. The van der Waals surface area contributed by atoms with Crippen molar-refractivity contribution >= 4 is 27.7 Å². The lowest BCUT2D eigenvalue weighted by atomic mass is 10.2. The van der Waals surface area contributed by atoms with Gasteiger partial charge < -0.3 is 5.32 Å². The first kappa shape index (κ1) is 14.5. The van der Waals surface area contributed by atoms with Gasteiger partial charge >= 0.3 is 0 Å². The molecule has 0 saturated heterocycles. The van der Waals surface area contributed by atoms with Crippen molar-refractivity contribution in [1.82, 2.24) is 20.2 Å². The molecule has 0 fully saturated rings. The van der Waals surface area contributed by atoms with Crippen LogP contribution in [0, 0.1) is 6.92 Å². The van der Waals surface area contributed by atoms with Gasteiger partial charge in [0.2, 0.25) is 0 Å². The number of benzene rings is 2. The quantitative estimate of drug-likeness (QED) is 0.772. The number of para-hydroxylation sites is 1. The summed E-state index contributed by atoms with van der Waals surface area (Å²) in [4.78, 5) is 0. The van der Waals surface area contributed by atoms with E-state index in [-0.39, 0.29) is 0 Å². The highest BCUT2D eigenvalue weighted by Crippen LogP contribution is 2.15. The Labute approximate surface area is 136 Å². The number of nitrogens with zero attached hydrogens (tertiary/aromatic N) is 4. The van der Waals surface area contributed by atoms with Gasteiger partial charge in [-0.2, -0.15) is 4.68 Å². The Kier molecular flexibility index (Phi) is 4.29. The Hall–Kier alpha value is -2.47. The number of hydrogen-bond acceptors (Lipinski definition) is 4. The molecule has 0 bridgehead atoms. The van der Waals surface area contributed by atoms with Crippen molar-refractivity contribution in [2.45, 2.75) is 6.92 Å². The summed E-state index contributed by atoms with van der Waals surface area (Å²) >= 11 is 3.42. The maximum absolute atomic E-state index is 4.03. The van der Waals surface area contributed by atoms with Crippen LogP contribution in [-0.2, 0) is 0 Å². The fraction of sp³-hybridized carbons (Fsp3) is 0.0625. The van der Waals surface area contributed by atoms with Crippen molar-refractivity contribution in [3.05, 3.63) is 70.6 Å². The molecule has 110 valence electrons. The minimum atomic E-state index is 0.656. The minimum absolute atomic E-state index is 0.656. The van der Waals surface area contributed by atoms with Gasteiger partial charge in [0.05, 0.1) is 5.69 Å². The number of tetrazole rings is 1. The Morgan fingerprint density at radius 2 is 1.86 bits per heavy atom. The van der Waals surface area contributed by atoms with Crippen molar-refractivity contribution < 1.29 is 0 Å². The number of halogens is 1. The second-order valence-corrected chi connectivity index (χ2v) is 5.63. The molecule has 1 aromatic heterocycles. The number of aromatic nitrogens is 4. The van der Waals surface area contributed by atoms with Gasteiger partial charge in [-0.3, -0.25) is 0 Å². The summed E-state index contributed by atoms with van der Waals surface area (Å²) in [7, 11) is 0. The van der Waals surface area contributed by atoms with E-state index in [1.165, 1.54) is 5.56 Å². The van der Waals surface area contributed by atoms with E-state index in [9.17, 15) is 0 Å². The molecule has 1 heterocycles. The molecule has 0 amide bonds. The molecule has 0 spiro atoms. The van der Waals surface area contributed by atoms with E-state index in [4.69, 9.17) is 0 Å². The second kappa shape index (κ2) is 6.53. The maximum Gasteiger partial charge on any atom is 0.181 e. The van der Waals surface area contributed by atoms with Crippen LogP contribution in [0.15, 0.2) is 59.2 Å². The normalized spacial score (nSPS) is 11.0. The summed E-state index contributed by atoms with van der Waals surface area (Å²) in [6.45, 7) is 2.06. The van der Waals surface area contributed by atoms with Crippen molar-refractivity contribution in [2.75, 3.05) is 5.32 Å². The highest BCUT2D eigenvalue weighted by atomic mass is 79.9. The van der Waals surface area contributed by atoms with E-state index in [0.29, 0.717) is 5.82 Å². The fourth-order valence-electron chi connectivity index (χ4n) is 2.00. The highest BCUT2D eigenvalue weighted by molar-refractivity contribution is 9.10. The van der Waals surface area contributed by atoms with Crippen LogP contribution in [0.2, 0.25) is 0 Å². The van der Waals surface area contributed by atoms with Crippen LogP contribution in [0.3, 0.4) is 0 Å². The smallest absolute Gasteiger partial charge is 0.181 e. The van der Waals surface area contributed by atoms with Crippen LogP contribution >= 0.6 is 15.9 Å². The predicted molar refractivity (Wildman–Crippen MR) is 90.7 cm³/mol. The van der Waals surface area contributed by atoms with Crippen LogP contribution in [0.4, 0.5) is 5.69 Å². The van der Waals surface area contributed by atoms with Gasteiger partial charge in [0, 0.05) is 22.4 Å². The Balaban J connectivity index is 1.79. The molecule has 0 unspecified atom stereocenters. The molecule has 1 N–H and O–H groups in total. The molecular formula is C16H14BrN5. The third-order valence-electron chi connectivity index (χ3n) is 3.18. The van der Waals surface area contributed by atoms with E-state index in [1.807, 2.05) is 54.7 Å². The van der Waals surface area contributed by atoms with Crippen molar-refractivity contribution in [3.63, 3.8) is 0 Å². The van der Waals surface area contributed by atoms with Gasteiger partial charge in [-0.25, -0.2) is 0 Å². The molecule has 5 nitrogen and oxygen atoms in total. The summed E-state index contributed by atoms with van der Waals surface area (Å²) < 4.78 is 2.70. The predicted octanol–water partition coefficient (Wildman–Crippen LogP) is 3.82. The first-order valence-electron chi connectivity index (χ1n) is 6.77. The monoisotopic (exact) mass is 355 g/mol. The summed E-state index contributed by atoms with van der Waals surface area (Å²) in [6, 6.07) is 15.9. The Morgan fingerprint density at radius 3 is 2.64 bits per heavy atom. The minimum Gasteiger partial charge on any atom is -0.361 e. The third kappa shape index (κ3) is 3.23. The first-order valence-corrected chi connectivity index (χ1v) is 7.56. The topological polar surface area (TPSA) is 55.6 Å². The van der Waals surface area contributed by atoms with Gasteiger partial charge in [0.15, 0.2) is 5.82 Å². The fourth-order valence-corrected chi connectivity index (χ4v) is 2.27. The molecular weight excluding hydrogens is 342 g/mol. The number of nitrogens with one attached hydrogen (secondary N) is 1. The lowest BCUT2D eigenvalue weighted by Crippen LogP contribution is -1.99. The Bertz CT molecular complexity index is 792. The average Bonchev–Trinajstić information content (AvgIpc) is 2.98. The third-order valence-corrected chi connectivity index (χ3v) is 3.71. The molecule has 22 heavy (non-hydrogen) atoms. The first-order chi connectivity index (χ1) is 10.7. The van der Waals surface area contributed by atoms with Crippen LogP contribution < -0.4 is 5.32 Å². The molecule has 0 atom stereocenters. The molecule has 3 rings (SSSR count). The lowest BCUT2D eigenvalue weighted by molar-refractivity contribution is 0.786. The van der Waals surface area contributed by atoms with Gasteiger partial charge in [-0.05, 0) is 53.2 Å². The maximum atomic E-state index is 4.03. The standard InChI is InChI=1S/C16H14BrN5/c1-12-4-2-3-5-15(12)18-11-10-16-19-20-21-22(16)14-8-6-13(17)7-9-14/h2-11,18H,1H3/b11-10+. The van der Waals surface area contributed by atoms with Crippen molar-refractivity contribution in [1.29, 1.82) is 0 Å². The molecule has 6 heteroatoms. The van der Waals surface area contributed by atoms with Gasteiger partial charge in [0.1, 0.15) is 0 Å². The molecule has 0 saturated carbocycles. The zero-order valence-corrected chi connectivity index (χ0v) is 13.5. The van der Waals surface area contributed by atoms with Crippen molar-refractivity contribution in [3.8, 4) is 5.69 Å². The lowest BCUT2D eigenvalue weighted by Gasteiger charge is -2.04. The van der Waals surface area contributed by atoms with E-state index in [2.05, 4.69) is 49.8 Å².